The van der Waals surface area contributed by atoms with Crippen LogP contribution in [0.3, 0.4) is 0 Å². The monoisotopic (exact) mass is 193 g/mol. The van der Waals surface area contributed by atoms with Crippen LogP contribution in [0.1, 0.15) is 32.6 Å². The smallest absolute Gasteiger partial charge is 0.160 e. The third-order valence-corrected chi connectivity index (χ3v) is 3.02. The van der Waals surface area contributed by atoms with E-state index in [1.54, 1.807) is 6.08 Å². The molecule has 2 aliphatic heterocycles. The number of nitrogens with one attached hydrogen (secondary N) is 1. The van der Waals surface area contributed by atoms with Crippen LogP contribution in [-0.4, -0.2) is 23.7 Å². The van der Waals surface area contributed by atoms with Gasteiger partial charge in [-0.1, -0.05) is 6.92 Å². The van der Waals surface area contributed by atoms with Crippen molar-refractivity contribution < 1.29 is 9.59 Å². The van der Waals surface area contributed by atoms with E-state index in [1.807, 2.05) is 6.92 Å². The Hall–Kier alpha value is -0.960. The molecule has 0 radical (unpaired) electrons. The molecule has 76 valence electrons. The van der Waals surface area contributed by atoms with Crippen molar-refractivity contribution in [3.05, 3.63) is 11.6 Å². The maximum absolute atomic E-state index is 11.6. The van der Waals surface area contributed by atoms with Crippen molar-refractivity contribution in [2.45, 2.75) is 44.7 Å². The lowest BCUT2D eigenvalue weighted by atomic mass is 9.95. The molecule has 1 fully saturated rings. The van der Waals surface area contributed by atoms with Crippen LogP contribution in [-0.2, 0) is 9.59 Å². The first-order valence-electron chi connectivity index (χ1n) is 5.24. The van der Waals surface area contributed by atoms with Gasteiger partial charge in [0.05, 0.1) is 0 Å². The number of fused-ring (bicyclic) bond motifs is 2. The van der Waals surface area contributed by atoms with Gasteiger partial charge in [0.15, 0.2) is 11.6 Å². The Morgan fingerprint density at radius 1 is 1.57 bits per heavy atom. The van der Waals surface area contributed by atoms with Crippen molar-refractivity contribution in [3.63, 3.8) is 0 Å². The third kappa shape index (κ3) is 1.64. The standard InChI is InChI=1S/C11H15NO2/c1-2-11(14)9-6-8(13)5-7-3-4-10(9)12-7/h6-7,10,12H,2-5H2,1H3. The largest absolute Gasteiger partial charge is 0.307 e. The van der Waals surface area contributed by atoms with Gasteiger partial charge in [-0.3, -0.25) is 9.59 Å². The van der Waals surface area contributed by atoms with E-state index < -0.39 is 0 Å². The van der Waals surface area contributed by atoms with Crippen molar-refractivity contribution in [1.82, 2.24) is 5.32 Å². The van der Waals surface area contributed by atoms with Gasteiger partial charge in [-0.15, -0.1) is 0 Å². The van der Waals surface area contributed by atoms with Gasteiger partial charge in [-0.25, -0.2) is 0 Å². The minimum Gasteiger partial charge on any atom is -0.307 e. The van der Waals surface area contributed by atoms with E-state index >= 15 is 0 Å². The fourth-order valence-corrected chi connectivity index (χ4v) is 2.28. The summed E-state index contributed by atoms with van der Waals surface area (Å²) in [5.74, 6) is 0.208. The molecule has 3 heteroatoms. The summed E-state index contributed by atoms with van der Waals surface area (Å²) in [6.07, 6.45) is 4.61. The number of ketones is 2. The molecule has 0 saturated carbocycles. The van der Waals surface area contributed by atoms with Gasteiger partial charge < -0.3 is 5.32 Å². The lowest BCUT2D eigenvalue weighted by molar-refractivity contribution is -0.117. The molecule has 0 aromatic carbocycles. The molecule has 0 spiro atoms. The van der Waals surface area contributed by atoms with Crippen molar-refractivity contribution in [3.8, 4) is 0 Å². The summed E-state index contributed by atoms with van der Waals surface area (Å²) in [6.45, 7) is 1.84. The van der Waals surface area contributed by atoms with Crippen LogP contribution < -0.4 is 5.32 Å². The number of hydrogen-bond donors (Lipinski definition) is 1. The van der Waals surface area contributed by atoms with E-state index in [-0.39, 0.29) is 17.6 Å². The normalized spacial score (nSPS) is 31.2. The summed E-state index contributed by atoms with van der Waals surface area (Å²) < 4.78 is 0. The van der Waals surface area contributed by atoms with E-state index in [9.17, 15) is 9.59 Å². The topological polar surface area (TPSA) is 46.2 Å². The van der Waals surface area contributed by atoms with Crippen molar-refractivity contribution in [2.75, 3.05) is 0 Å². The molecule has 2 unspecified atom stereocenters. The van der Waals surface area contributed by atoms with E-state index in [4.69, 9.17) is 0 Å². The van der Waals surface area contributed by atoms with E-state index in [0.717, 1.165) is 12.8 Å². The summed E-state index contributed by atoms with van der Waals surface area (Å²) in [7, 11) is 0. The Morgan fingerprint density at radius 2 is 2.36 bits per heavy atom. The van der Waals surface area contributed by atoms with Gasteiger partial charge in [0.1, 0.15) is 0 Å². The first-order chi connectivity index (χ1) is 6.70. The Labute approximate surface area is 83.6 Å². The molecule has 2 heterocycles. The molecule has 0 aromatic heterocycles. The van der Waals surface area contributed by atoms with Crippen LogP contribution in [0.25, 0.3) is 0 Å². The molecular weight excluding hydrogens is 178 g/mol. The second kappa shape index (κ2) is 3.65. The number of rotatable bonds is 2. The molecule has 0 aliphatic carbocycles. The lowest BCUT2D eigenvalue weighted by Crippen LogP contribution is -2.31. The second-order valence-electron chi connectivity index (χ2n) is 4.04. The highest BCUT2D eigenvalue weighted by Crippen LogP contribution is 2.25. The molecule has 2 atom stereocenters. The fourth-order valence-electron chi connectivity index (χ4n) is 2.28. The Morgan fingerprint density at radius 3 is 3.07 bits per heavy atom. The van der Waals surface area contributed by atoms with Crippen LogP contribution >= 0.6 is 0 Å². The summed E-state index contributed by atoms with van der Waals surface area (Å²) >= 11 is 0. The minimum atomic E-state index is 0.0986. The predicted molar refractivity (Wildman–Crippen MR) is 53.0 cm³/mol. The minimum absolute atomic E-state index is 0.0986. The quantitative estimate of drug-likeness (QED) is 0.711. The molecule has 2 bridgehead atoms. The maximum atomic E-state index is 11.6. The van der Waals surface area contributed by atoms with Crippen LogP contribution in [0, 0.1) is 0 Å². The summed E-state index contributed by atoms with van der Waals surface area (Å²) in [4.78, 5) is 23.0. The van der Waals surface area contributed by atoms with Gasteiger partial charge in [0, 0.05) is 30.5 Å². The van der Waals surface area contributed by atoms with E-state index in [0.29, 0.717) is 24.5 Å². The van der Waals surface area contributed by atoms with Gasteiger partial charge in [-0.05, 0) is 18.9 Å². The molecule has 2 aliphatic rings. The van der Waals surface area contributed by atoms with E-state index in [1.165, 1.54) is 0 Å². The van der Waals surface area contributed by atoms with E-state index in [2.05, 4.69) is 5.32 Å². The van der Waals surface area contributed by atoms with Crippen molar-refractivity contribution in [2.24, 2.45) is 0 Å². The average Bonchev–Trinajstić information content (AvgIpc) is 2.53. The fraction of sp³-hybridized carbons (Fsp3) is 0.636. The SMILES string of the molecule is CCC(=O)C1=CC(=O)CC2CCC1N2. The molecule has 0 amide bonds. The first-order valence-corrected chi connectivity index (χ1v) is 5.24. The molecule has 14 heavy (non-hydrogen) atoms. The van der Waals surface area contributed by atoms with Gasteiger partial charge in [0.25, 0.3) is 0 Å². The molecule has 1 saturated heterocycles. The highest BCUT2D eigenvalue weighted by Gasteiger charge is 2.33. The molecule has 1 N–H and O–H groups in total. The molecule has 3 nitrogen and oxygen atoms in total. The van der Waals surface area contributed by atoms with Crippen LogP contribution in [0.5, 0.6) is 0 Å². The van der Waals surface area contributed by atoms with Crippen LogP contribution in [0.2, 0.25) is 0 Å². The zero-order chi connectivity index (χ0) is 10.1. The number of carbonyl (C=O) groups is 2. The summed E-state index contributed by atoms with van der Waals surface area (Å²) in [5.41, 5.74) is 0.706. The van der Waals surface area contributed by atoms with Gasteiger partial charge >= 0.3 is 0 Å². The van der Waals surface area contributed by atoms with Crippen LogP contribution in [0.15, 0.2) is 11.6 Å². The zero-order valence-corrected chi connectivity index (χ0v) is 8.38. The molecular formula is C11H15NO2. The van der Waals surface area contributed by atoms with Gasteiger partial charge in [-0.2, -0.15) is 0 Å². The number of carbonyl (C=O) groups excluding carboxylic acids is 2. The first kappa shape index (κ1) is 9.59. The second-order valence-corrected chi connectivity index (χ2v) is 4.04. The highest BCUT2D eigenvalue weighted by molar-refractivity contribution is 6.04. The number of hydrogen-bond acceptors (Lipinski definition) is 3. The average molecular weight is 193 g/mol. The highest BCUT2D eigenvalue weighted by atomic mass is 16.1. The summed E-state index contributed by atoms with van der Waals surface area (Å²) in [5, 5.41) is 3.34. The Balaban J connectivity index is 2.27. The Kier molecular flexibility index (Phi) is 2.50. The van der Waals surface area contributed by atoms with Crippen molar-refractivity contribution in [1.29, 1.82) is 0 Å². The molecule has 2 rings (SSSR count). The third-order valence-electron chi connectivity index (χ3n) is 3.02. The zero-order valence-electron chi connectivity index (χ0n) is 8.38. The Bertz CT molecular complexity index is 306. The lowest BCUT2D eigenvalue weighted by Gasteiger charge is -2.12. The van der Waals surface area contributed by atoms with Crippen LogP contribution in [0.4, 0.5) is 0 Å². The van der Waals surface area contributed by atoms with Gasteiger partial charge in [0.2, 0.25) is 0 Å². The predicted octanol–water partition coefficient (Wildman–Crippen LogP) is 0.985. The molecule has 0 aromatic rings. The number of Topliss-reactive ketones (excluding diaryl/α,β-unsaturated/α-hetero) is 1. The number of allylic oxidation sites excluding steroid dienone is 1. The van der Waals surface area contributed by atoms with Crippen molar-refractivity contribution >= 4 is 11.6 Å². The maximum Gasteiger partial charge on any atom is 0.160 e. The summed E-state index contributed by atoms with van der Waals surface area (Å²) in [6, 6.07) is 0.435.